The summed E-state index contributed by atoms with van der Waals surface area (Å²) in [4.78, 5) is 0. The van der Waals surface area contributed by atoms with Crippen LogP contribution in [0.1, 0.15) is 0 Å². The van der Waals surface area contributed by atoms with Crippen molar-refractivity contribution in [3.05, 3.63) is 60.7 Å². The number of ether oxygens (including phenoxy) is 1. The van der Waals surface area contributed by atoms with Crippen molar-refractivity contribution in [2.75, 3.05) is 12.4 Å². The van der Waals surface area contributed by atoms with Crippen LogP contribution < -0.4 is 10.1 Å². The molecule has 2 N–H and O–H groups in total. The second-order valence-corrected chi connectivity index (χ2v) is 4.50. The number of phenols is 1. The molecule has 0 spiro atoms. The van der Waals surface area contributed by atoms with Crippen LogP contribution in [0.15, 0.2) is 60.7 Å². The molecule has 0 aromatic heterocycles. The third-order valence-electron chi connectivity index (χ3n) is 3.28. The van der Waals surface area contributed by atoms with Gasteiger partial charge in [0.2, 0.25) is 0 Å². The van der Waals surface area contributed by atoms with E-state index in [-0.39, 0.29) is 5.75 Å². The summed E-state index contributed by atoms with van der Waals surface area (Å²) in [6.07, 6.45) is 0. The van der Waals surface area contributed by atoms with E-state index < -0.39 is 0 Å². The molecular weight excluding hydrogens is 250 g/mol. The van der Waals surface area contributed by atoms with E-state index in [1.807, 2.05) is 54.6 Å². The summed E-state index contributed by atoms with van der Waals surface area (Å²) in [5.74, 6) is 1.07. The third-order valence-corrected chi connectivity index (χ3v) is 3.28. The number of rotatable bonds is 3. The van der Waals surface area contributed by atoms with Crippen LogP contribution in [-0.2, 0) is 0 Å². The molecule has 0 heterocycles. The second kappa shape index (κ2) is 5.13. The monoisotopic (exact) mass is 265 g/mol. The number of aromatic hydroxyl groups is 1. The van der Waals surface area contributed by atoms with Gasteiger partial charge in [-0.2, -0.15) is 0 Å². The molecule has 0 bridgehead atoms. The maximum atomic E-state index is 9.91. The quantitative estimate of drug-likeness (QED) is 0.694. The number of methoxy groups -OCH3 is 1. The van der Waals surface area contributed by atoms with Crippen LogP contribution in [0.25, 0.3) is 10.8 Å². The van der Waals surface area contributed by atoms with Crippen LogP contribution in [0.4, 0.5) is 11.4 Å². The summed E-state index contributed by atoms with van der Waals surface area (Å²) in [5, 5.41) is 15.1. The molecule has 0 atom stereocenters. The highest BCUT2D eigenvalue weighted by atomic mass is 16.5. The van der Waals surface area contributed by atoms with Gasteiger partial charge in [0.05, 0.1) is 12.8 Å². The van der Waals surface area contributed by atoms with Crippen molar-refractivity contribution in [1.29, 1.82) is 0 Å². The topological polar surface area (TPSA) is 41.5 Å². The summed E-state index contributed by atoms with van der Waals surface area (Å²) in [6.45, 7) is 0. The average molecular weight is 265 g/mol. The number of nitrogens with one attached hydrogen (secondary N) is 1. The van der Waals surface area contributed by atoms with Crippen LogP contribution in [0, 0.1) is 0 Å². The molecule has 0 unspecified atom stereocenters. The SMILES string of the molecule is COc1ccccc1Nc1ccc(O)c2ccccc12. The molecule has 20 heavy (non-hydrogen) atoms. The van der Waals surface area contributed by atoms with Gasteiger partial charge in [0.25, 0.3) is 0 Å². The van der Waals surface area contributed by atoms with Gasteiger partial charge in [-0.3, -0.25) is 0 Å². The fourth-order valence-corrected chi connectivity index (χ4v) is 2.29. The molecule has 0 aliphatic rings. The summed E-state index contributed by atoms with van der Waals surface area (Å²) in [6, 6.07) is 19.1. The molecule has 0 radical (unpaired) electrons. The molecule has 3 nitrogen and oxygen atoms in total. The number of hydrogen-bond donors (Lipinski definition) is 2. The van der Waals surface area contributed by atoms with E-state index in [0.29, 0.717) is 0 Å². The molecule has 0 aliphatic carbocycles. The highest BCUT2D eigenvalue weighted by Crippen LogP contribution is 2.34. The van der Waals surface area contributed by atoms with E-state index in [2.05, 4.69) is 5.32 Å². The Balaban J connectivity index is 2.09. The summed E-state index contributed by atoms with van der Waals surface area (Å²) in [7, 11) is 1.65. The number of para-hydroxylation sites is 2. The molecule has 3 heteroatoms. The fourth-order valence-electron chi connectivity index (χ4n) is 2.29. The van der Waals surface area contributed by atoms with Gasteiger partial charge in [0.15, 0.2) is 0 Å². The maximum Gasteiger partial charge on any atom is 0.142 e. The Bertz CT molecular complexity index is 753. The summed E-state index contributed by atoms with van der Waals surface area (Å²) >= 11 is 0. The van der Waals surface area contributed by atoms with E-state index >= 15 is 0 Å². The third kappa shape index (κ3) is 2.14. The van der Waals surface area contributed by atoms with Crippen LogP contribution >= 0.6 is 0 Å². The van der Waals surface area contributed by atoms with Gasteiger partial charge >= 0.3 is 0 Å². The van der Waals surface area contributed by atoms with Crippen molar-refractivity contribution in [2.45, 2.75) is 0 Å². The van der Waals surface area contributed by atoms with E-state index in [1.165, 1.54) is 0 Å². The lowest BCUT2D eigenvalue weighted by Crippen LogP contribution is -1.95. The number of benzene rings is 3. The molecule has 0 saturated carbocycles. The molecule has 0 aliphatic heterocycles. The lowest BCUT2D eigenvalue weighted by atomic mass is 10.1. The zero-order valence-electron chi connectivity index (χ0n) is 11.1. The predicted molar refractivity (Wildman–Crippen MR) is 81.9 cm³/mol. The first kappa shape index (κ1) is 12.4. The van der Waals surface area contributed by atoms with Crippen LogP contribution in [0.2, 0.25) is 0 Å². The Hall–Kier alpha value is -2.68. The van der Waals surface area contributed by atoms with Crippen molar-refractivity contribution in [3.63, 3.8) is 0 Å². The molecule has 3 rings (SSSR count). The number of phenolic OH excluding ortho intramolecular Hbond substituents is 1. The molecular formula is C17H15NO2. The highest BCUT2D eigenvalue weighted by molar-refractivity contribution is 5.99. The first-order valence-electron chi connectivity index (χ1n) is 6.40. The van der Waals surface area contributed by atoms with Crippen molar-refractivity contribution < 1.29 is 9.84 Å². The minimum Gasteiger partial charge on any atom is -0.507 e. The zero-order valence-corrected chi connectivity index (χ0v) is 11.1. The van der Waals surface area contributed by atoms with Crippen LogP contribution in [0.3, 0.4) is 0 Å². The molecule has 0 fully saturated rings. The predicted octanol–water partition coefficient (Wildman–Crippen LogP) is 4.30. The zero-order chi connectivity index (χ0) is 13.9. The van der Waals surface area contributed by atoms with Crippen molar-refractivity contribution in [1.82, 2.24) is 0 Å². The Kier molecular flexibility index (Phi) is 3.17. The van der Waals surface area contributed by atoms with Crippen molar-refractivity contribution in [3.8, 4) is 11.5 Å². The second-order valence-electron chi connectivity index (χ2n) is 4.50. The number of anilines is 2. The van der Waals surface area contributed by atoms with Gasteiger partial charge in [-0.15, -0.1) is 0 Å². The van der Waals surface area contributed by atoms with E-state index in [4.69, 9.17) is 4.74 Å². The first-order chi connectivity index (χ1) is 9.79. The highest BCUT2D eigenvalue weighted by Gasteiger charge is 2.07. The lowest BCUT2D eigenvalue weighted by molar-refractivity contribution is 0.417. The molecule has 100 valence electrons. The van der Waals surface area contributed by atoms with Gasteiger partial charge in [-0.1, -0.05) is 36.4 Å². The molecule has 3 aromatic rings. The van der Waals surface area contributed by atoms with Gasteiger partial charge < -0.3 is 15.2 Å². The smallest absolute Gasteiger partial charge is 0.142 e. The maximum absolute atomic E-state index is 9.91. The Morgan fingerprint density at radius 3 is 2.30 bits per heavy atom. The Labute approximate surface area is 117 Å². The minimum atomic E-state index is 0.283. The lowest BCUT2D eigenvalue weighted by Gasteiger charge is -2.13. The van der Waals surface area contributed by atoms with E-state index in [1.54, 1.807) is 13.2 Å². The Morgan fingerprint density at radius 2 is 1.50 bits per heavy atom. The van der Waals surface area contributed by atoms with Gasteiger partial charge in [0, 0.05) is 16.5 Å². The first-order valence-corrected chi connectivity index (χ1v) is 6.40. The fraction of sp³-hybridized carbons (Fsp3) is 0.0588. The van der Waals surface area contributed by atoms with Crippen LogP contribution in [-0.4, -0.2) is 12.2 Å². The molecule has 0 amide bonds. The standard InChI is InChI=1S/C17H15NO2/c1-20-17-9-5-4-8-15(17)18-14-10-11-16(19)13-7-3-2-6-12(13)14/h2-11,18-19H,1H3. The Morgan fingerprint density at radius 1 is 0.800 bits per heavy atom. The van der Waals surface area contributed by atoms with Crippen LogP contribution in [0.5, 0.6) is 11.5 Å². The summed E-state index contributed by atoms with van der Waals surface area (Å²) in [5.41, 5.74) is 1.83. The van der Waals surface area contributed by atoms with Gasteiger partial charge in [0.1, 0.15) is 11.5 Å². The van der Waals surface area contributed by atoms with Crippen molar-refractivity contribution in [2.24, 2.45) is 0 Å². The van der Waals surface area contributed by atoms with E-state index in [9.17, 15) is 5.11 Å². The van der Waals surface area contributed by atoms with Gasteiger partial charge in [-0.25, -0.2) is 0 Å². The summed E-state index contributed by atoms with van der Waals surface area (Å²) < 4.78 is 5.34. The van der Waals surface area contributed by atoms with Crippen molar-refractivity contribution >= 4 is 22.1 Å². The average Bonchev–Trinajstić information content (AvgIpc) is 2.51. The number of fused-ring (bicyclic) bond motifs is 1. The molecule has 3 aromatic carbocycles. The minimum absolute atomic E-state index is 0.283. The number of hydrogen-bond acceptors (Lipinski definition) is 3. The van der Waals surface area contributed by atoms with Gasteiger partial charge in [-0.05, 0) is 24.3 Å². The normalized spacial score (nSPS) is 10.4. The largest absolute Gasteiger partial charge is 0.507 e. The van der Waals surface area contributed by atoms with E-state index in [0.717, 1.165) is 27.9 Å². The molecule has 0 saturated heterocycles.